The van der Waals surface area contributed by atoms with Gasteiger partial charge < -0.3 is 9.13 Å². The van der Waals surface area contributed by atoms with Gasteiger partial charge >= 0.3 is 0 Å². The maximum atomic E-state index is 5.28. The molecule has 0 saturated heterocycles. The van der Waals surface area contributed by atoms with Crippen LogP contribution in [0, 0.1) is 0 Å². The van der Waals surface area contributed by atoms with E-state index in [0.717, 1.165) is 111 Å². The van der Waals surface area contributed by atoms with Crippen molar-refractivity contribution in [1.82, 2.24) is 33.6 Å². The lowest BCUT2D eigenvalue weighted by atomic mass is 10.0. The van der Waals surface area contributed by atoms with Crippen molar-refractivity contribution in [2.75, 3.05) is 0 Å². The molecule has 0 saturated carbocycles. The summed E-state index contributed by atoms with van der Waals surface area (Å²) < 4.78 is 6.86. The van der Waals surface area contributed by atoms with Gasteiger partial charge in [0.15, 0.2) is 0 Å². The number of pyridine rings is 2. The Kier molecular flexibility index (Phi) is 8.75. The number of rotatable bonds is 7. The molecule has 0 aliphatic rings. The van der Waals surface area contributed by atoms with E-state index in [1.54, 1.807) is 0 Å². The molecule has 14 aromatic rings. The number of benzene rings is 8. The molecule has 0 spiro atoms. The fraction of sp³-hybridized carbons (Fsp3) is 0. The topological polar surface area (TPSA) is 66.3 Å². The van der Waals surface area contributed by atoms with Crippen LogP contribution in [0.4, 0.5) is 0 Å². The van der Waals surface area contributed by atoms with Crippen LogP contribution in [0.25, 0.3) is 128 Å². The second kappa shape index (κ2) is 15.6. The third-order valence-electron chi connectivity index (χ3n) is 13.6. The van der Waals surface area contributed by atoms with Gasteiger partial charge in [-0.2, -0.15) is 0 Å². The molecule has 0 amide bonds. The normalized spacial score (nSPS) is 11.8. The monoisotopic (exact) mass is 881 g/mol. The van der Waals surface area contributed by atoms with Crippen LogP contribution in [-0.2, 0) is 0 Å². The number of nitrogens with zero attached hydrogens (tertiary/aromatic N) is 7. The van der Waals surface area contributed by atoms with E-state index in [0.29, 0.717) is 5.95 Å². The van der Waals surface area contributed by atoms with Crippen molar-refractivity contribution in [2.45, 2.75) is 0 Å². The Morgan fingerprint density at radius 2 is 0.812 bits per heavy atom. The van der Waals surface area contributed by atoms with Crippen LogP contribution < -0.4 is 0 Å². The molecule has 322 valence electrons. The molecule has 6 heterocycles. The van der Waals surface area contributed by atoms with Crippen LogP contribution in [0.1, 0.15) is 0 Å². The minimum Gasteiger partial charge on any atom is -0.308 e. The molecule has 7 heteroatoms. The van der Waals surface area contributed by atoms with Crippen LogP contribution in [0.15, 0.2) is 237 Å². The van der Waals surface area contributed by atoms with Crippen LogP contribution in [-0.4, -0.2) is 33.6 Å². The quantitative estimate of drug-likeness (QED) is 0.160. The first-order valence-corrected chi connectivity index (χ1v) is 23.2. The van der Waals surface area contributed by atoms with E-state index in [2.05, 4.69) is 214 Å². The van der Waals surface area contributed by atoms with E-state index in [9.17, 15) is 0 Å². The Morgan fingerprint density at radius 3 is 1.54 bits per heavy atom. The van der Waals surface area contributed by atoms with Gasteiger partial charge in [-0.3, -0.25) is 14.5 Å². The van der Waals surface area contributed by atoms with E-state index in [1.807, 2.05) is 36.8 Å². The van der Waals surface area contributed by atoms with Crippen LogP contribution in [0.2, 0.25) is 0 Å². The molecule has 14 rings (SSSR count). The first-order valence-electron chi connectivity index (χ1n) is 23.2. The summed E-state index contributed by atoms with van der Waals surface area (Å²) in [6.45, 7) is 0. The van der Waals surface area contributed by atoms with Gasteiger partial charge in [-0.1, -0.05) is 140 Å². The lowest BCUT2D eigenvalue weighted by Crippen LogP contribution is -2.04. The van der Waals surface area contributed by atoms with Crippen molar-refractivity contribution in [2.24, 2.45) is 0 Å². The number of fused-ring (bicyclic) bond motifs is 9. The zero-order valence-electron chi connectivity index (χ0n) is 37.1. The van der Waals surface area contributed by atoms with E-state index in [-0.39, 0.29) is 0 Å². The Balaban J connectivity index is 0.900. The van der Waals surface area contributed by atoms with Crippen LogP contribution >= 0.6 is 0 Å². The molecule has 0 radical (unpaired) electrons. The lowest BCUT2D eigenvalue weighted by molar-refractivity contribution is 0.996. The average Bonchev–Trinajstić information content (AvgIpc) is 4.06. The molecule has 0 fully saturated rings. The molecular formula is C62H39N7. The van der Waals surface area contributed by atoms with Crippen LogP contribution in [0.5, 0.6) is 0 Å². The highest BCUT2D eigenvalue weighted by molar-refractivity contribution is 6.13. The number of hydrogen-bond donors (Lipinski definition) is 0. The maximum Gasteiger partial charge on any atom is 0.235 e. The standard InChI is InChI=1S/C62H39N7/c1-4-15-40(16-5-1)53-37-54(41-17-6-2-7-18-41)66-62(65-53)69-56-24-13-10-21-48(56)50-29-26-44(36-60(50)69)42-27-30-57-51(34-42)49-22-11-12-23-55(49)68(57)47-33-45(38-63-39-47)43-28-31-58-52(35-43)61-59(25-14-32-64-61)67(58)46-19-8-3-9-20-46/h1-39H. The van der Waals surface area contributed by atoms with Crippen molar-refractivity contribution in [3.05, 3.63) is 237 Å². The molecule has 0 unspecified atom stereocenters. The Morgan fingerprint density at radius 1 is 0.290 bits per heavy atom. The molecule has 0 atom stereocenters. The second-order valence-electron chi connectivity index (χ2n) is 17.5. The highest BCUT2D eigenvalue weighted by Gasteiger charge is 2.20. The highest BCUT2D eigenvalue weighted by Crippen LogP contribution is 2.40. The van der Waals surface area contributed by atoms with Gasteiger partial charge in [0.2, 0.25) is 5.95 Å². The van der Waals surface area contributed by atoms with E-state index >= 15 is 0 Å². The van der Waals surface area contributed by atoms with Crippen molar-refractivity contribution in [1.29, 1.82) is 0 Å². The zero-order chi connectivity index (χ0) is 45.4. The van der Waals surface area contributed by atoms with E-state index < -0.39 is 0 Å². The average molecular weight is 882 g/mol. The highest BCUT2D eigenvalue weighted by atomic mass is 15.2. The zero-order valence-corrected chi connectivity index (χ0v) is 37.1. The van der Waals surface area contributed by atoms with Crippen molar-refractivity contribution < 1.29 is 0 Å². The van der Waals surface area contributed by atoms with Crippen LogP contribution in [0.3, 0.4) is 0 Å². The molecule has 7 nitrogen and oxygen atoms in total. The second-order valence-corrected chi connectivity index (χ2v) is 17.5. The first kappa shape index (κ1) is 38.8. The fourth-order valence-corrected chi connectivity index (χ4v) is 10.4. The molecular weight excluding hydrogens is 843 g/mol. The summed E-state index contributed by atoms with van der Waals surface area (Å²) in [5, 5.41) is 5.74. The molecule has 8 aromatic carbocycles. The lowest BCUT2D eigenvalue weighted by Gasteiger charge is -2.12. The molecule has 69 heavy (non-hydrogen) atoms. The minimum absolute atomic E-state index is 0.628. The molecule has 6 aromatic heterocycles. The van der Waals surface area contributed by atoms with Gasteiger partial charge in [0.25, 0.3) is 0 Å². The summed E-state index contributed by atoms with van der Waals surface area (Å²) >= 11 is 0. The molecule has 0 aliphatic carbocycles. The third-order valence-corrected chi connectivity index (χ3v) is 13.6. The van der Waals surface area contributed by atoms with Crippen molar-refractivity contribution in [3.63, 3.8) is 0 Å². The Labute approximate surface area is 396 Å². The fourth-order valence-electron chi connectivity index (χ4n) is 10.4. The van der Waals surface area contributed by atoms with Gasteiger partial charge in [-0.05, 0) is 95.6 Å². The van der Waals surface area contributed by atoms with Gasteiger partial charge in [-0.25, -0.2) is 9.97 Å². The number of para-hydroxylation sites is 3. The predicted molar refractivity (Wildman–Crippen MR) is 282 cm³/mol. The predicted octanol–water partition coefficient (Wildman–Crippen LogP) is 15.2. The Hall–Kier alpha value is -9.46. The number of aromatic nitrogens is 7. The molecule has 0 bridgehead atoms. The largest absolute Gasteiger partial charge is 0.308 e. The summed E-state index contributed by atoms with van der Waals surface area (Å²) in [5.74, 6) is 0.628. The summed E-state index contributed by atoms with van der Waals surface area (Å²) in [7, 11) is 0. The van der Waals surface area contributed by atoms with Gasteiger partial charge in [0, 0.05) is 61.7 Å². The van der Waals surface area contributed by atoms with E-state index in [4.69, 9.17) is 19.9 Å². The third kappa shape index (κ3) is 6.29. The summed E-state index contributed by atoms with van der Waals surface area (Å²) in [4.78, 5) is 20.3. The Bertz CT molecular complexity index is 4240. The molecule has 0 aliphatic heterocycles. The smallest absolute Gasteiger partial charge is 0.235 e. The maximum absolute atomic E-state index is 5.28. The first-order chi connectivity index (χ1) is 34.2. The van der Waals surface area contributed by atoms with Gasteiger partial charge in [0.05, 0.1) is 61.9 Å². The number of hydrogen-bond acceptors (Lipinski definition) is 4. The SMILES string of the molecule is c1ccc(-c2cc(-c3ccccc3)nc(-n3c4ccccc4c4ccc(-c5ccc6c(c5)c5ccccc5n6-c5cncc(-c6ccc7c(c6)c6ncccc6n7-c6ccccc6)c5)cc43)n2)cc1. The van der Waals surface area contributed by atoms with E-state index in [1.165, 1.54) is 10.8 Å². The van der Waals surface area contributed by atoms with Gasteiger partial charge in [-0.15, -0.1) is 0 Å². The van der Waals surface area contributed by atoms with Crippen molar-refractivity contribution >= 4 is 65.5 Å². The molecule has 0 N–H and O–H groups in total. The van der Waals surface area contributed by atoms with Gasteiger partial charge in [0.1, 0.15) is 0 Å². The summed E-state index contributed by atoms with van der Waals surface area (Å²) in [5.41, 5.74) is 17.8. The summed E-state index contributed by atoms with van der Waals surface area (Å²) in [6.07, 6.45) is 5.80. The van der Waals surface area contributed by atoms with Crippen molar-refractivity contribution in [3.8, 4) is 62.1 Å². The summed E-state index contributed by atoms with van der Waals surface area (Å²) in [6, 6.07) is 77.2. The minimum atomic E-state index is 0.628.